The van der Waals surface area contributed by atoms with Gasteiger partial charge in [-0.25, -0.2) is 5.43 Å². The van der Waals surface area contributed by atoms with Crippen LogP contribution in [-0.4, -0.2) is 24.8 Å². The van der Waals surface area contributed by atoms with Crippen molar-refractivity contribution in [3.05, 3.63) is 59.7 Å². The van der Waals surface area contributed by atoms with Crippen LogP contribution in [0.5, 0.6) is 11.5 Å². The molecule has 1 aliphatic heterocycles. The molecule has 5 heteroatoms. The van der Waals surface area contributed by atoms with Crippen LogP contribution in [0.15, 0.2) is 53.6 Å². The fraction of sp³-hybridized carbons (Fsp3) is 0.300. The smallest absolute Gasteiger partial charge is 0.284 e. The minimum absolute atomic E-state index is 0.110. The van der Waals surface area contributed by atoms with E-state index in [4.69, 9.17) is 9.47 Å². The van der Waals surface area contributed by atoms with Gasteiger partial charge in [-0.1, -0.05) is 57.2 Å². The molecule has 1 N–H and O–H groups in total. The van der Waals surface area contributed by atoms with Crippen molar-refractivity contribution in [1.82, 2.24) is 5.43 Å². The van der Waals surface area contributed by atoms with Gasteiger partial charge in [0.2, 0.25) is 6.10 Å². The van der Waals surface area contributed by atoms with Crippen LogP contribution in [0.1, 0.15) is 31.9 Å². The van der Waals surface area contributed by atoms with E-state index in [0.717, 1.165) is 5.56 Å². The van der Waals surface area contributed by atoms with Gasteiger partial charge in [-0.15, -0.1) is 0 Å². The van der Waals surface area contributed by atoms with E-state index in [1.54, 1.807) is 12.3 Å². The Morgan fingerprint density at radius 3 is 2.48 bits per heavy atom. The molecule has 0 bridgehead atoms. The Morgan fingerprint density at radius 2 is 1.80 bits per heavy atom. The van der Waals surface area contributed by atoms with Gasteiger partial charge in [-0.05, 0) is 28.7 Å². The molecular weight excluding hydrogens is 316 g/mol. The van der Waals surface area contributed by atoms with Crippen molar-refractivity contribution >= 4 is 12.1 Å². The number of carbonyl (C=O) groups is 1. The molecule has 130 valence electrons. The molecule has 1 aliphatic rings. The molecule has 0 radical (unpaired) electrons. The minimum Gasteiger partial charge on any atom is -0.485 e. The molecule has 0 aromatic heterocycles. The van der Waals surface area contributed by atoms with Gasteiger partial charge in [0.25, 0.3) is 5.91 Å². The highest BCUT2D eigenvalue weighted by atomic mass is 16.6. The van der Waals surface area contributed by atoms with Gasteiger partial charge >= 0.3 is 0 Å². The molecule has 0 spiro atoms. The van der Waals surface area contributed by atoms with Crippen LogP contribution in [0.25, 0.3) is 0 Å². The van der Waals surface area contributed by atoms with Gasteiger partial charge in [0.15, 0.2) is 11.5 Å². The van der Waals surface area contributed by atoms with E-state index in [9.17, 15) is 4.79 Å². The predicted molar refractivity (Wildman–Crippen MR) is 97.2 cm³/mol. The summed E-state index contributed by atoms with van der Waals surface area (Å²) in [5.74, 6) is 0.877. The van der Waals surface area contributed by atoms with Crippen molar-refractivity contribution in [3.63, 3.8) is 0 Å². The highest BCUT2D eigenvalue weighted by Gasteiger charge is 2.26. The van der Waals surface area contributed by atoms with Crippen LogP contribution in [0.2, 0.25) is 0 Å². The van der Waals surface area contributed by atoms with Gasteiger partial charge in [-0.3, -0.25) is 4.79 Å². The van der Waals surface area contributed by atoms with Crippen LogP contribution < -0.4 is 14.9 Å². The van der Waals surface area contributed by atoms with E-state index in [0.29, 0.717) is 11.5 Å². The maximum absolute atomic E-state index is 12.2. The highest BCUT2D eigenvalue weighted by Crippen LogP contribution is 2.30. The Hall–Kier alpha value is -2.82. The quantitative estimate of drug-likeness (QED) is 0.690. The van der Waals surface area contributed by atoms with Gasteiger partial charge < -0.3 is 9.47 Å². The zero-order valence-electron chi connectivity index (χ0n) is 14.7. The first-order valence-electron chi connectivity index (χ1n) is 8.25. The molecule has 1 unspecified atom stereocenters. The summed E-state index contributed by atoms with van der Waals surface area (Å²) in [6, 6.07) is 15.4. The maximum atomic E-state index is 12.2. The lowest BCUT2D eigenvalue weighted by molar-refractivity contribution is -0.130. The number of nitrogens with zero attached hydrogens (tertiary/aromatic N) is 1. The number of rotatable bonds is 3. The number of para-hydroxylation sites is 2. The average Bonchev–Trinajstić information content (AvgIpc) is 2.61. The second-order valence-corrected chi connectivity index (χ2v) is 6.97. The Bertz CT molecular complexity index is 776. The lowest BCUT2D eigenvalue weighted by atomic mass is 9.87. The largest absolute Gasteiger partial charge is 0.485 e. The van der Waals surface area contributed by atoms with Crippen molar-refractivity contribution in [2.24, 2.45) is 5.10 Å². The summed E-state index contributed by atoms with van der Waals surface area (Å²) in [5, 5.41) is 4.00. The summed E-state index contributed by atoms with van der Waals surface area (Å²) in [4.78, 5) is 12.2. The summed E-state index contributed by atoms with van der Waals surface area (Å²) in [5.41, 5.74) is 4.78. The van der Waals surface area contributed by atoms with Crippen molar-refractivity contribution in [1.29, 1.82) is 0 Å². The first-order chi connectivity index (χ1) is 11.9. The summed E-state index contributed by atoms with van der Waals surface area (Å²) < 4.78 is 11.2. The van der Waals surface area contributed by atoms with Crippen molar-refractivity contribution in [3.8, 4) is 11.5 Å². The van der Waals surface area contributed by atoms with E-state index >= 15 is 0 Å². The normalized spacial score (nSPS) is 16.7. The molecule has 2 aromatic rings. The third kappa shape index (κ3) is 4.18. The van der Waals surface area contributed by atoms with E-state index in [1.165, 1.54) is 5.56 Å². The molecule has 0 saturated heterocycles. The summed E-state index contributed by atoms with van der Waals surface area (Å²) in [6.45, 7) is 6.67. The number of fused-ring (bicyclic) bond motifs is 1. The van der Waals surface area contributed by atoms with Crippen molar-refractivity contribution in [2.45, 2.75) is 32.3 Å². The molecule has 25 heavy (non-hydrogen) atoms. The number of nitrogens with one attached hydrogen (secondary N) is 1. The predicted octanol–water partition coefficient (Wildman–Crippen LogP) is 3.27. The number of ether oxygens (including phenoxy) is 2. The number of hydrazone groups is 1. The maximum Gasteiger partial charge on any atom is 0.284 e. The zero-order valence-corrected chi connectivity index (χ0v) is 14.7. The second kappa shape index (κ2) is 6.97. The molecule has 5 nitrogen and oxygen atoms in total. The van der Waals surface area contributed by atoms with Crippen molar-refractivity contribution < 1.29 is 14.3 Å². The summed E-state index contributed by atoms with van der Waals surface area (Å²) in [6.07, 6.45) is 0.900. The van der Waals surface area contributed by atoms with E-state index in [1.807, 2.05) is 30.3 Å². The molecule has 1 amide bonds. The SMILES string of the molecule is CC(C)(C)c1ccc(/C=N/NC(=O)C2COc3ccccc3O2)cc1. The first kappa shape index (κ1) is 17.0. The van der Waals surface area contributed by atoms with Crippen LogP contribution in [-0.2, 0) is 10.2 Å². The number of carbonyl (C=O) groups excluding carboxylic acids is 1. The van der Waals surface area contributed by atoms with E-state index in [2.05, 4.69) is 43.4 Å². The first-order valence-corrected chi connectivity index (χ1v) is 8.25. The zero-order chi connectivity index (χ0) is 17.9. The monoisotopic (exact) mass is 338 g/mol. The number of amides is 1. The van der Waals surface area contributed by atoms with Crippen LogP contribution in [0.3, 0.4) is 0 Å². The molecular formula is C20H22N2O3. The third-order valence-corrected chi connectivity index (χ3v) is 3.97. The van der Waals surface area contributed by atoms with Crippen LogP contribution >= 0.6 is 0 Å². The minimum atomic E-state index is -0.713. The number of hydrogen-bond acceptors (Lipinski definition) is 4. The van der Waals surface area contributed by atoms with Gasteiger partial charge in [0.05, 0.1) is 6.21 Å². The van der Waals surface area contributed by atoms with Crippen LogP contribution in [0.4, 0.5) is 0 Å². The fourth-order valence-corrected chi connectivity index (χ4v) is 2.46. The molecule has 0 saturated carbocycles. The van der Waals surface area contributed by atoms with Crippen molar-refractivity contribution in [2.75, 3.05) is 6.61 Å². The second-order valence-electron chi connectivity index (χ2n) is 6.97. The summed E-state index contributed by atoms with van der Waals surface area (Å²) in [7, 11) is 0. The Labute approximate surface area is 147 Å². The number of benzene rings is 2. The molecule has 0 aliphatic carbocycles. The van der Waals surface area contributed by atoms with Gasteiger partial charge in [0, 0.05) is 0 Å². The van der Waals surface area contributed by atoms with E-state index < -0.39 is 6.10 Å². The van der Waals surface area contributed by atoms with Crippen LogP contribution in [0, 0.1) is 0 Å². The molecule has 2 aromatic carbocycles. The number of hydrogen-bond donors (Lipinski definition) is 1. The standard InChI is InChI=1S/C20H22N2O3/c1-20(2,3)15-10-8-14(9-11-15)12-21-22-19(23)18-13-24-16-6-4-5-7-17(16)25-18/h4-12,18H,13H2,1-3H3,(H,22,23)/b21-12+. The molecule has 1 atom stereocenters. The topological polar surface area (TPSA) is 59.9 Å². The van der Waals surface area contributed by atoms with Gasteiger partial charge in [-0.2, -0.15) is 5.10 Å². The Balaban J connectivity index is 1.56. The average molecular weight is 338 g/mol. The summed E-state index contributed by atoms with van der Waals surface area (Å²) >= 11 is 0. The molecule has 0 fully saturated rings. The Morgan fingerprint density at radius 1 is 1.12 bits per heavy atom. The lowest BCUT2D eigenvalue weighted by Crippen LogP contribution is -2.42. The fourth-order valence-electron chi connectivity index (χ4n) is 2.46. The highest BCUT2D eigenvalue weighted by molar-refractivity contribution is 5.85. The molecule has 1 heterocycles. The Kier molecular flexibility index (Phi) is 4.74. The third-order valence-electron chi connectivity index (χ3n) is 3.97. The molecule has 3 rings (SSSR count). The van der Waals surface area contributed by atoms with E-state index in [-0.39, 0.29) is 17.9 Å². The van der Waals surface area contributed by atoms with Gasteiger partial charge in [0.1, 0.15) is 6.61 Å². The lowest BCUT2D eigenvalue weighted by Gasteiger charge is -2.24.